The highest BCUT2D eigenvalue weighted by molar-refractivity contribution is 5.74. The maximum absolute atomic E-state index is 12.0. The highest BCUT2D eigenvalue weighted by Gasteiger charge is 2.21. The lowest BCUT2D eigenvalue weighted by Gasteiger charge is -2.14. The van der Waals surface area contributed by atoms with Crippen molar-refractivity contribution in [2.75, 3.05) is 14.2 Å². The number of methoxy groups -OCH3 is 2. The van der Waals surface area contributed by atoms with Crippen molar-refractivity contribution in [3.05, 3.63) is 47.3 Å². The SMILES string of the molecule is COc1cccc(OC)c1-c1c(C)ccc[n+]1[O-]. The van der Waals surface area contributed by atoms with Crippen LogP contribution in [0.4, 0.5) is 0 Å². The molecule has 1 heterocycles. The molecule has 94 valence electrons. The largest absolute Gasteiger partial charge is 0.618 e. The van der Waals surface area contributed by atoms with E-state index < -0.39 is 0 Å². The van der Waals surface area contributed by atoms with E-state index in [4.69, 9.17) is 9.47 Å². The molecular weight excluding hydrogens is 230 g/mol. The van der Waals surface area contributed by atoms with Crippen LogP contribution >= 0.6 is 0 Å². The van der Waals surface area contributed by atoms with Crippen molar-refractivity contribution in [1.29, 1.82) is 0 Å². The van der Waals surface area contributed by atoms with Crippen LogP contribution in [-0.4, -0.2) is 14.2 Å². The lowest BCUT2D eigenvalue weighted by Crippen LogP contribution is -2.29. The molecule has 0 aliphatic carbocycles. The van der Waals surface area contributed by atoms with E-state index in [0.717, 1.165) is 10.3 Å². The van der Waals surface area contributed by atoms with Crippen LogP contribution in [0.15, 0.2) is 36.5 Å². The zero-order valence-electron chi connectivity index (χ0n) is 10.6. The van der Waals surface area contributed by atoms with Crippen LogP contribution in [-0.2, 0) is 0 Å². The van der Waals surface area contributed by atoms with Gasteiger partial charge in [0.1, 0.15) is 17.1 Å². The van der Waals surface area contributed by atoms with Gasteiger partial charge in [-0.25, -0.2) is 0 Å². The number of aryl methyl sites for hydroxylation is 1. The second-order valence-electron chi connectivity index (χ2n) is 3.90. The van der Waals surface area contributed by atoms with Crippen molar-refractivity contribution < 1.29 is 14.2 Å². The van der Waals surface area contributed by atoms with Gasteiger partial charge in [0.15, 0.2) is 6.20 Å². The van der Waals surface area contributed by atoms with Crippen molar-refractivity contribution >= 4 is 0 Å². The first-order valence-electron chi connectivity index (χ1n) is 5.59. The molecule has 4 nitrogen and oxygen atoms in total. The predicted octanol–water partition coefficient (Wildman–Crippen LogP) is 2.31. The normalized spacial score (nSPS) is 10.2. The van der Waals surface area contributed by atoms with E-state index in [9.17, 15) is 5.21 Å². The topological polar surface area (TPSA) is 45.4 Å². The van der Waals surface area contributed by atoms with Crippen molar-refractivity contribution in [2.24, 2.45) is 0 Å². The maximum Gasteiger partial charge on any atom is 0.234 e. The summed E-state index contributed by atoms with van der Waals surface area (Å²) in [7, 11) is 3.15. The molecule has 0 aliphatic rings. The summed E-state index contributed by atoms with van der Waals surface area (Å²) in [5.74, 6) is 1.24. The minimum atomic E-state index is 0.548. The standard InChI is InChI=1S/C14H15NO3/c1-10-6-5-9-15(16)14(10)13-11(17-2)7-4-8-12(13)18-3/h4-9H,1-3H3. The van der Waals surface area contributed by atoms with Crippen molar-refractivity contribution in [1.82, 2.24) is 0 Å². The third-order valence-electron chi connectivity index (χ3n) is 2.83. The van der Waals surface area contributed by atoms with E-state index in [0.29, 0.717) is 22.8 Å². The molecule has 1 aromatic heterocycles. The Kier molecular flexibility index (Phi) is 3.37. The molecule has 0 unspecified atom stereocenters. The van der Waals surface area contributed by atoms with Gasteiger partial charge >= 0.3 is 0 Å². The van der Waals surface area contributed by atoms with E-state index in [1.54, 1.807) is 20.3 Å². The Labute approximate surface area is 106 Å². The lowest BCUT2D eigenvalue weighted by molar-refractivity contribution is -0.594. The molecule has 0 atom stereocenters. The highest BCUT2D eigenvalue weighted by Crippen LogP contribution is 2.37. The third kappa shape index (κ3) is 1.97. The molecule has 0 saturated carbocycles. The van der Waals surface area contributed by atoms with Gasteiger partial charge in [0, 0.05) is 11.6 Å². The van der Waals surface area contributed by atoms with E-state index in [1.807, 2.05) is 31.2 Å². The summed E-state index contributed by atoms with van der Waals surface area (Å²) < 4.78 is 11.5. The van der Waals surface area contributed by atoms with Gasteiger partial charge in [-0.1, -0.05) is 6.07 Å². The van der Waals surface area contributed by atoms with Gasteiger partial charge < -0.3 is 14.7 Å². The van der Waals surface area contributed by atoms with Gasteiger partial charge in [-0.3, -0.25) is 0 Å². The summed E-state index contributed by atoms with van der Waals surface area (Å²) in [6.45, 7) is 1.88. The number of nitrogens with zero attached hydrogens (tertiary/aromatic N) is 1. The first-order valence-corrected chi connectivity index (χ1v) is 5.59. The molecule has 0 saturated heterocycles. The summed E-state index contributed by atoms with van der Waals surface area (Å²) in [6, 6.07) is 9.05. The van der Waals surface area contributed by atoms with Crippen LogP contribution < -0.4 is 14.2 Å². The van der Waals surface area contributed by atoms with Crippen LogP contribution in [0.5, 0.6) is 11.5 Å². The van der Waals surface area contributed by atoms with E-state index in [-0.39, 0.29) is 0 Å². The number of pyridine rings is 1. The molecule has 2 rings (SSSR count). The number of benzene rings is 1. The molecule has 0 radical (unpaired) electrons. The van der Waals surface area contributed by atoms with E-state index >= 15 is 0 Å². The Hall–Kier alpha value is -2.23. The fourth-order valence-corrected chi connectivity index (χ4v) is 1.98. The molecule has 0 N–H and O–H groups in total. The number of hydrogen-bond donors (Lipinski definition) is 0. The molecule has 4 heteroatoms. The Morgan fingerprint density at radius 3 is 2.11 bits per heavy atom. The van der Waals surface area contributed by atoms with Crippen LogP contribution in [0.2, 0.25) is 0 Å². The van der Waals surface area contributed by atoms with Gasteiger partial charge in [0.25, 0.3) is 0 Å². The summed E-state index contributed by atoms with van der Waals surface area (Å²) in [6.07, 6.45) is 1.47. The molecule has 2 aromatic rings. The predicted molar refractivity (Wildman–Crippen MR) is 68.7 cm³/mol. The summed E-state index contributed by atoms with van der Waals surface area (Å²) >= 11 is 0. The van der Waals surface area contributed by atoms with Gasteiger partial charge in [0.05, 0.1) is 14.2 Å². The zero-order chi connectivity index (χ0) is 13.1. The number of ether oxygens (including phenoxy) is 2. The fourth-order valence-electron chi connectivity index (χ4n) is 1.98. The average Bonchev–Trinajstić information content (AvgIpc) is 2.38. The molecule has 0 spiro atoms. The van der Waals surface area contributed by atoms with Crippen molar-refractivity contribution in [3.63, 3.8) is 0 Å². The van der Waals surface area contributed by atoms with Gasteiger partial charge in [-0.15, -0.1) is 0 Å². The minimum absolute atomic E-state index is 0.548. The Morgan fingerprint density at radius 2 is 1.61 bits per heavy atom. The molecule has 0 amide bonds. The highest BCUT2D eigenvalue weighted by atomic mass is 16.5. The maximum atomic E-state index is 12.0. The molecule has 1 aromatic carbocycles. The fraction of sp³-hybridized carbons (Fsp3) is 0.214. The smallest absolute Gasteiger partial charge is 0.234 e. The van der Waals surface area contributed by atoms with Gasteiger partial charge in [0.2, 0.25) is 5.69 Å². The number of hydrogen-bond acceptors (Lipinski definition) is 3. The summed E-state index contributed by atoms with van der Waals surface area (Å²) in [5, 5.41) is 12.0. The van der Waals surface area contributed by atoms with Crippen LogP contribution in [0, 0.1) is 12.1 Å². The van der Waals surface area contributed by atoms with Crippen LogP contribution in [0.1, 0.15) is 5.56 Å². The number of rotatable bonds is 3. The number of aromatic nitrogens is 1. The van der Waals surface area contributed by atoms with Crippen molar-refractivity contribution in [2.45, 2.75) is 6.92 Å². The zero-order valence-corrected chi connectivity index (χ0v) is 10.6. The van der Waals surface area contributed by atoms with Crippen LogP contribution in [0.25, 0.3) is 11.3 Å². The average molecular weight is 245 g/mol. The molecule has 18 heavy (non-hydrogen) atoms. The molecule has 0 bridgehead atoms. The Morgan fingerprint density at radius 1 is 1.00 bits per heavy atom. The third-order valence-corrected chi connectivity index (χ3v) is 2.83. The lowest BCUT2D eigenvalue weighted by atomic mass is 10.0. The Balaban J connectivity index is 2.77. The monoisotopic (exact) mass is 245 g/mol. The van der Waals surface area contributed by atoms with Gasteiger partial charge in [-0.2, -0.15) is 4.73 Å². The quantitative estimate of drug-likeness (QED) is 0.615. The Bertz CT molecular complexity index is 524. The van der Waals surface area contributed by atoms with E-state index in [2.05, 4.69) is 0 Å². The van der Waals surface area contributed by atoms with Gasteiger partial charge in [-0.05, 0) is 25.1 Å². The molecule has 0 aliphatic heterocycles. The minimum Gasteiger partial charge on any atom is -0.618 e. The summed E-state index contributed by atoms with van der Waals surface area (Å²) in [4.78, 5) is 0. The second-order valence-corrected chi connectivity index (χ2v) is 3.90. The van der Waals surface area contributed by atoms with Crippen LogP contribution in [0.3, 0.4) is 0 Å². The van der Waals surface area contributed by atoms with Crippen molar-refractivity contribution in [3.8, 4) is 22.8 Å². The summed E-state index contributed by atoms with van der Waals surface area (Å²) in [5.41, 5.74) is 2.10. The first kappa shape index (κ1) is 12.2. The molecule has 0 fully saturated rings. The first-order chi connectivity index (χ1) is 8.69. The molecular formula is C14H15NO3. The second kappa shape index (κ2) is 4.96. The van der Waals surface area contributed by atoms with E-state index in [1.165, 1.54) is 6.20 Å².